The van der Waals surface area contributed by atoms with Crippen LogP contribution in [0.25, 0.3) is 10.9 Å². The Hall–Kier alpha value is -2.93. The van der Waals surface area contributed by atoms with Gasteiger partial charge in [0, 0.05) is 22.2 Å². The number of aromatic amines is 1. The van der Waals surface area contributed by atoms with Gasteiger partial charge in [0.05, 0.1) is 5.56 Å². The number of Topliss-reactive ketones (excluding diaryl/α,β-unsaturated/α-hetero) is 1. The van der Waals surface area contributed by atoms with Crippen LogP contribution in [0.1, 0.15) is 26.4 Å². The van der Waals surface area contributed by atoms with Crippen LogP contribution in [0.5, 0.6) is 0 Å². The van der Waals surface area contributed by atoms with Crippen molar-refractivity contribution in [1.29, 1.82) is 0 Å². The van der Waals surface area contributed by atoms with Crippen LogP contribution in [0.15, 0.2) is 53.4 Å². The van der Waals surface area contributed by atoms with Gasteiger partial charge < -0.3 is 4.98 Å². The minimum Gasteiger partial charge on any atom is -0.358 e. The van der Waals surface area contributed by atoms with Gasteiger partial charge >= 0.3 is 0 Å². The SMILES string of the molecule is Cc1[nH]c2ccccc2c1C(=O)CN1C(=O)c2ccccc2S1(=O)=O. The highest BCUT2D eigenvalue weighted by Crippen LogP contribution is 2.31. The van der Waals surface area contributed by atoms with Crippen LogP contribution in [0.3, 0.4) is 0 Å². The normalized spacial score (nSPS) is 15.6. The van der Waals surface area contributed by atoms with E-state index in [0.29, 0.717) is 20.9 Å². The number of nitrogens with one attached hydrogen (secondary N) is 1. The molecule has 1 aliphatic heterocycles. The highest BCUT2D eigenvalue weighted by atomic mass is 32.2. The van der Waals surface area contributed by atoms with Crippen molar-refractivity contribution in [3.63, 3.8) is 0 Å². The molecule has 1 aliphatic rings. The van der Waals surface area contributed by atoms with Gasteiger partial charge in [-0.25, -0.2) is 12.7 Å². The first-order valence-corrected chi connectivity index (χ1v) is 9.12. The first-order chi connectivity index (χ1) is 11.9. The van der Waals surface area contributed by atoms with Crippen LogP contribution in [0, 0.1) is 6.92 Å². The molecule has 2 heterocycles. The van der Waals surface area contributed by atoms with Gasteiger partial charge in [-0.05, 0) is 25.1 Å². The van der Waals surface area contributed by atoms with Crippen LogP contribution in [0.4, 0.5) is 0 Å². The Labute approximate surface area is 144 Å². The Morgan fingerprint density at radius 1 is 1.08 bits per heavy atom. The molecular weight excluding hydrogens is 340 g/mol. The molecule has 1 N–H and O–H groups in total. The number of sulfonamides is 1. The first-order valence-electron chi connectivity index (χ1n) is 7.68. The van der Waals surface area contributed by atoms with Crippen molar-refractivity contribution in [2.45, 2.75) is 11.8 Å². The third kappa shape index (κ3) is 2.20. The second kappa shape index (κ2) is 5.29. The van der Waals surface area contributed by atoms with Crippen molar-refractivity contribution < 1.29 is 18.0 Å². The Kier molecular flexibility index (Phi) is 3.30. The Morgan fingerprint density at radius 3 is 2.52 bits per heavy atom. The number of benzene rings is 2. The molecule has 0 atom stereocenters. The summed E-state index contributed by atoms with van der Waals surface area (Å²) in [5, 5.41) is 0.714. The molecular formula is C18H14N2O4S. The van der Waals surface area contributed by atoms with Crippen LogP contribution in [0.2, 0.25) is 0 Å². The van der Waals surface area contributed by atoms with Crippen molar-refractivity contribution in [1.82, 2.24) is 9.29 Å². The summed E-state index contributed by atoms with van der Waals surface area (Å²) in [6.45, 7) is 1.24. The lowest BCUT2D eigenvalue weighted by molar-refractivity contribution is 0.0820. The van der Waals surface area contributed by atoms with Crippen molar-refractivity contribution in [2.24, 2.45) is 0 Å². The van der Waals surface area contributed by atoms with Gasteiger partial charge in [-0.2, -0.15) is 0 Å². The Morgan fingerprint density at radius 2 is 1.76 bits per heavy atom. The monoisotopic (exact) mass is 354 g/mol. The minimum absolute atomic E-state index is 0.0524. The number of rotatable bonds is 3. The zero-order valence-corrected chi connectivity index (χ0v) is 14.1. The van der Waals surface area contributed by atoms with Crippen LogP contribution >= 0.6 is 0 Å². The molecule has 1 amide bonds. The van der Waals surface area contributed by atoms with E-state index >= 15 is 0 Å². The molecule has 6 nitrogen and oxygen atoms in total. The quantitative estimate of drug-likeness (QED) is 0.732. The molecule has 0 unspecified atom stereocenters. The Balaban J connectivity index is 1.75. The molecule has 126 valence electrons. The maximum atomic E-state index is 12.8. The van der Waals surface area contributed by atoms with E-state index in [-0.39, 0.29) is 10.5 Å². The molecule has 0 radical (unpaired) electrons. The number of H-pyrrole nitrogens is 1. The lowest BCUT2D eigenvalue weighted by Gasteiger charge is -2.14. The summed E-state index contributed by atoms with van der Waals surface area (Å²) in [4.78, 5) is 28.3. The molecule has 0 bridgehead atoms. The molecule has 0 spiro atoms. The number of amides is 1. The predicted molar refractivity (Wildman–Crippen MR) is 92.0 cm³/mol. The van der Waals surface area contributed by atoms with E-state index in [2.05, 4.69) is 4.98 Å². The average Bonchev–Trinajstić information content (AvgIpc) is 3.02. The molecule has 1 aromatic heterocycles. The maximum absolute atomic E-state index is 12.8. The van der Waals surface area contributed by atoms with Crippen LogP contribution in [-0.2, 0) is 10.0 Å². The number of nitrogens with zero attached hydrogens (tertiary/aromatic N) is 1. The van der Waals surface area contributed by atoms with E-state index < -0.39 is 28.3 Å². The number of hydrogen-bond donors (Lipinski definition) is 1. The van der Waals surface area contributed by atoms with Crippen molar-refractivity contribution >= 4 is 32.6 Å². The number of carbonyl (C=O) groups is 2. The lowest BCUT2D eigenvalue weighted by atomic mass is 10.1. The number of fused-ring (bicyclic) bond motifs is 2. The Bertz CT molecular complexity index is 1140. The van der Waals surface area contributed by atoms with Gasteiger partial charge in [0.25, 0.3) is 15.9 Å². The maximum Gasteiger partial charge on any atom is 0.269 e. The summed E-state index contributed by atoms with van der Waals surface area (Å²) in [5.74, 6) is -1.08. The summed E-state index contributed by atoms with van der Waals surface area (Å²) in [7, 11) is -4.00. The van der Waals surface area contributed by atoms with Crippen molar-refractivity contribution in [3.8, 4) is 0 Å². The highest BCUT2D eigenvalue weighted by molar-refractivity contribution is 7.90. The first kappa shape index (κ1) is 15.6. The summed E-state index contributed by atoms with van der Waals surface area (Å²) >= 11 is 0. The van der Waals surface area contributed by atoms with E-state index in [4.69, 9.17) is 0 Å². The summed E-state index contributed by atoms with van der Waals surface area (Å²) in [6, 6.07) is 13.3. The van der Waals surface area contributed by atoms with E-state index in [1.807, 2.05) is 12.1 Å². The molecule has 0 saturated heterocycles. The van der Waals surface area contributed by atoms with Gasteiger partial charge in [-0.3, -0.25) is 9.59 Å². The summed E-state index contributed by atoms with van der Waals surface area (Å²) in [5.41, 5.74) is 1.95. The molecule has 0 aliphatic carbocycles. The number of para-hydroxylation sites is 1. The van der Waals surface area contributed by atoms with Crippen LogP contribution in [-0.4, -0.2) is 35.9 Å². The van der Waals surface area contributed by atoms with Gasteiger partial charge in [0.2, 0.25) is 0 Å². The van der Waals surface area contributed by atoms with Crippen molar-refractivity contribution in [3.05, 3.63) is 65.4 Å². The molecule has 2 aromatic carbocycles. The topological polar surface area (TPSA) is 87.3 Å². The molecule has 0 fully saturated rings. The lowest BCUT2D eigenvalue weighted by Crippen LogP contribution is -2.35. The van der Waals surface area contributed by atoms with Gasteiger partial charge in [0.1, 0.15) is 11.4 Å². The molecule has 25 heavy (non-hydrogen) atoms. The fourth-order valence-corrected chi connectivity index (χ4v) is 4.76. The standard InChI is InChI=1S/C18H14N2O4S/c1-11-17(12-6-2-4-8-14(12)19-11)15(21)10-20-18(22)13-7-3-5-9-16(13)25(20,23)24/h2-9,19H,10H2,1H3. The number of carbonyl (C=O) groups excluding carboxylic acids is 2. The van der Waals surface area contributed by atoms with E-state index in [9.17, 15) is 18.0 Å². The third-order valence-corrected chi connectivity index (χ3v) is 6.16. The highest BCUT2D eigenvalue weighted by Gasteiger charge is 2.42. The molecule has 4 rings (SSSR count). The number of aryl methyl sites for hydroxylation is 1. The molecule has 3 aromatic rings. The number of ketones is 1. The smallest absolute Gasteiger partial charge is 0.269 e. The zero-order valence-electron chi connectivity index (χ0n) is 13.3. The average molecular weight is 354 g/mol. The van der Waals surface area contributed by atoms with Gasteiger partial charge in [-0.1, -0.05) is 30.3 Å². The van der Waals surface area contributed by atoms with Crippen molar-refractivity contribution in [2.75, 3.05) is 6.54 Å². The largest absolute Gasteiger partial charge is 0.358 e. The van der Waals surface area contributed by atoms with E-state index in [1.54, 1.807) is 31.2 Å². The zero-order chi connectivity index (χ0) is 17.8. The predicted octanol–water partition coefficient (Wildman–Crippen LogP) is 2.50. The summed E-state index contributed by atoms with van der Waals surface area (Å²) in [6.07, 6.45) is 0. The van der Waals surface area contributed by atoms with E-state index in [0.717, 1.165) is 5.52 Å². The van der Waals surface area contributed by atoms with Crippen LogP contribution < -0.4 is 0 Å². The minimum atomic E-state index is -4.00. The molecule has 0 saturated carbocycles. The second-order valence-corrected chi connectivity index (χ2v) is 7.74. The van der Waals surface area contributed by atoms with Gasteiger partial charge in [-0.15, -0.1) is 0 Å². The number of hydrogen-bond acceptors (Lipinski definition) is 4. The van der Waals surface area contributed by atoms with E-state index in [1.165, 1.54) is 12.1 Å². The third-order valence-electron chi connectivity index (χ3n) is 4.37. The summed E-state index contributed by atoms with van der Waals surface area (Å²) < 4.78 is 25.8. The fraction of sp³-hybridized carbons (Fsp3) is 0.111. The second-order valence-electron chi connectivity index (χ2n) is 5.91. The number of aromatic nitrogens is 1. The van der Waals surface area contributed by atoms with Gasteiger partial charge in [0.15, 0.2) is 5.78 Å². The fourth-order valence-electron chi connectivity index (χ4n) is 3.23. The molecule has 7 heteroatoms.